The molecule has 0 aliphatic carbocycles. The van der Waals surface area contributed by atoms with Crippen LogP contribution in [0.2, 0.25) is 0 Å². The Bertz CT molecular complexity index is 417. The van der Waals surface area contributed by atoms with Crippen LogP contribution in [-0.2, 0) is 9.59 Å². The normalized spacial score (nSPS) is 17.0. The number of rotatable bonds is 1. The van der Waals surface area contributed by atoms with E-state index in [1.807, 2.05) is 24.3 Å². The number of carbonyl (C=O) groups is 2. The van der Waals surface area contributed by atoms with Gasteiger partial charge in [-0.3, -0.25) is 9.59 Å². The lowest BCUT2D eigenvalue weighted by atomic mass is 10.1. The first-order chi connectivity index (χ1) is 7.18. The van der Waals surface area contributed by atoms with Crippen molar-refractivity contribution in [1.29, 1.82) is 0 Å². The quantitative estimate of drug-likeness (QED) is 0.732. The third-order valence-corrected chi connectivity index (χ3v) is 2.88. The fourth-order valence-electron chi connectivity index (χ4n) is 1.65. The van der Waals surface area contributed by atoms with Crippen LogP contribution in [0.15, 0.2) is 28.7 Å². The van der Waals surface area contributed by atoms with Gasteiger partial charge in [-0.2, -0.15) is 0 Å². The summed E-state index contributed by atoms with van der Waals surface area (Å²) in [5, 5.41) is 0. The molecule has 0 aromatic heterocycles. The first-order valence-corrected chi connectivity index (χ1v) is 5.58. The van der Waals surface area contributed by atoms with Gasteiger partial charge in [0.05, 0.1) is 0 Å². The first-order valence-electron chi connectivity index (χ1n) is 4.79. The molecule has 78 valence electrons. The van der Waals surface area contributed by atoms with E-state index >= 15 is 0 Å². The lowest BCUT2D eigenvalue weighted by molar-refractivity contribution is -0.137. The van der Waals surface area contributed by atoms with Crippen LogP contribution >= 0.6 is 15.9 Å². The van der Waals surface area contributed by atoms with Crippen molar-refractivity contribution in [3.63, 3.8) is 0 Å². The van der Waals surface area contributed by atoms with Crippen molar-refractivity contribution in [2.45, 2.75) is 12.8 Å². The zero-order chi connectivity index (χ0) is 10.8. The van der Waals surface area contributed by atoms with E-state index in [1.165, 1.54) is 4.90 Å². The van der Waals surface area contributed by atoms with Crippen LogP contribution in [0, 0.1) is 0 Å². The third kappa shape index (κ3) is 2.09. The Hall–Kier alpha value is -1.16. The molecule has 1 aliphatic heterocycles. The Labute approximate surface area is 96.2 Å². The van der Waals surface area contributed by atoms with Crippen molar-refractivity contribution in [1.82, 2.24) is 0 Å². The number of benzene rings is 1. The molecular weight excluding hydrogens is 258 g/mol. The number of hydrogen-bond donors (Lipinski definition) is 0. The van der Waals surface area contributed by atoms with E-state index in [0.29, 0.717) is 13.0 Å². The SMILES string of the molecule is O=C1CCCN(c2cccc(Br)c2)C1=O. The molecule has 0 unspecified atom stereocenters. The highest BCUT2D eigenvalue weighted by Gasteiger charge is 2.27. The summed E-state index contributed by atoms with van der Waals surface area (Å²) in [5.41, 5.74) is 0.780. The summed E-state index contributed by atoms with van der Waals surface area (Å²) in [5.74, 6) is -0.680. The van der Waals surface area contributed by atoms with Gasteiger partial charge in [0.15, 0.2) is 0 Å². The van der Waals surface area contributed by atoms with Gasteiger partial charge in [0, 0.05) is 23.1 Å². The van der Waals surface area contributed by atoms with E-state index in [-0.39, 0.29) is 11.7 Å². The second-order valence-electron chi connectivity index (χ2n) is 3.46. The number of anilines is 1. The summed E-state index contributed by atoms with van der Waals surface area (Å²) in [6, 6.07) is 7.42. The van der Waals surface area contributed by atoms with Crippen molar-refractivity contribution < 1.29 is 9.59 Å². The summed E-state index contributed by atoms with van der Waals surface area (Å²) < 4.78 is 0.908. The second-order valence-corrected chi connectivity index (χ2v) is 4.38. The maximum absolute atomic E-state index is 11.6. The Balaban J connectivity index is 2.30. The molecule has 1 saturated heterocycles. The predicted molar refractivity (Wildman–Crippen MR) is 60.7 cm³/mol. The molecular formula is C11H10BrNO2. The lowest BCUT2D eigenvalue weighted by Gasteiger charge is -2.25. The van der Waals surface area contributed by atoms with E-state index < -0.39 is 0 Å². The van der Waals surface area contributed by atoms with Gasteiger partial charge in [0.25, 0.3) is 5.91 Å². The molecule has 0 N–H and O–H groups in total. The third-order valence-electron chi connectivity index (χ3n) is 2.39. The van der Waals surface area contributed by atoms with Gasteiger partial charge in [-0.15, -0.1) is 0 Å². The minimum atomic E-state index is -0.389. The highest BCUT2D eigenvalue weighted by molar-refractivity contribution is 9.10. The van der Waals surface area contributed by atoms with Crippen molar-refractivity contribution >= 4 is 33.3 Å². The molecule has 1 heterocycles. The molecule has 1 aromatic rings. The average molecular weight is 268 g/mol. The summed E-state index contributed by atoms with van der Waals surface area (Å²) in [6.45, 7) is 0.626. The number of nitrogens with zero attached hydrogens (tertiary/aromatic N) is 1. The van der Waals surface area contributed by atoms with Crippen LogP contribution in [0.4, 0.5) is 5.69 Å². The van der Waals surface area contributed by atoms with Crippen molar-refractivity contribution in [3.05, 3.63) is 28.7 Å². The maximum Gasteiger partial charge on any atom is 0.294 e. The molecule has 4 heteroatoms. The number of halogens is 1. The highest BCUT2D eigenvalue weighted by atomic mass is 79.9. The molecule has 3 nitrogen and oxygen atoms in total. The topological polar surface area (TPSA) is 37.4 Å². The Kier molecular flexibility index (Phi) is 2.86. The summed E-state index contributed by atoms with van der Waals surface area (Å²) in [4.78, 5) is 24.4. The Morgan fingerprint density at radius 2 is 2.07 bits per heavy atom. The fourth-order valence-corrected chi connectivity index (χ4v) is 2.03. The molecule has 1 aromatic carbocycles. The van der Waals surface area contributed by atoms with Crippen LogP contribution in [0.1, 0.15) is 12.8 Å². The number of hydrogen-bond acceptors (Lipinski definition) is 2. The van der Waals surface area contributed by atoms with E-state index in [9.17, 15) is 9.59 Å². The van der Waals surface area contributed by atoms with Gasteiger partial charge in [0.1, 0.15) is 0 Å². The number of piperidine rings is 1. The lowest BCUT2D eigenvalue weighted by Crippen LogP contribution is -2.41. The van der Waals surface area contributed by atoms with Crippen molar-refractivity contribution in [2.75, 3.05) is 11.4 Å². The smallest absolute Gasteiger partial charge is 0.294 e. The highest BCUT2D eigenvalue weighted by Crippen LogP contribution is 2.22. The summed E-state index contributed by atoms with van der Waals surface area (Å²) in [6.07, 6.45) is 1.13. The van der Waals surface area contributed by atoms with Gasteiger partial charge >= 0.3 is 0 Å². The molecule has 2 rings (SSSR count). The van der Waals surface area contributed by atoms with Crippen molar-refractivity contribution in [3.8, 4) is 0 Å². The minimum absolute atomic E-state index is 0.291. The Morgan fingerprint density at radius 1 is 1.27 bits per heavy atom. The van der Waals surface area contributed by atoms with Crippen LogP contribution in [-0.4, -0.2) is 18.2 Å². The van der Waals surface area contributed by atoms with Crippen LogP contribution in [0.5, 0.6) is 0 Å². The van der Waals surface area contributed by atoms with Gasteiger partial charge < -0.3 is 4.90 Å². The molecule has 0 spiro atoms. The molecule has 0 atom stereocenters. The van der Waals surface area contributed by atoms with Gasteiger partial charge in [-0.05, 0) is 24.6 Å². The number of carbonyl (C=O) groups excluding carboxylic acids is 2. The molecule has 15 heavy (non-hydrogen) atoms. The van der Waals surface area contributed by atoms with E-state index in [2.05, 4.69) is 15.9 Å². The van der Waals surface area contributed by atoms with E-state index in [0.717, 1.165) is 16.6 Å². The van der Waals surface area contributed by atoms with Crippen LogP contribution in [0.25, 0.3) is 0 Å². The van der Waals surface area contributed by atoms with Gasteiger partial charge in [-0.1, -0.05) is 22.0 Å². The monoisotopic (exact) mass is 267 g/mol. The molecule has 1 amide bonds. The largest absolute Gasteiger partial charge is 0.306 e. The number of ketones is 1. The van der Waals surface area contributed by atoms with Gasteiger partial charge in [-0.25, -0.2) is 0 Å². The van der Waals surface area contributed by atoms with Crippen LogP contribution < -0.4 is 4.90 Å². The number of amides is 1. The summed E-state index contributed by atoms with van der Waals surface area (Å²) >= 11 is 3.34. The predicted octanol–water partition coefficient (Wildman–Crippen LogP) is 2.15. The van der Waals surface area contributed by atoms with E-state index in [4.69, 9.17) is 0 Å². The number of Topliss-reactive ketones (excluding diaryl/α,β-unsaturated/α-hetero) is 1. The maximum atomic E-state index is 11.6. The average Bonchev–Trinajstić information content (AvgIpc) is 2.22. The van der Waals surface area contributed by atoms with Crippen molar-refractivity contribution in [2.24, 2.45) is 0 Å². The van der Waals surface area contributed by atoms with Crippen LogP contribution in [0.3, 0.4) is 0 Å². The zero-order valence-electron chi connectivity index (χ0n) is 8.07. The minimum Gasteiger partial charge on any atom is -0.306 e. The second kappa shape index (κ2) is 4.14. The molecule has 1 fully saturated rings. The van der Waals surface area contributed by atoms with Gasteiger partial charge in [0.2, 0.25) is 5.78 Å². The first kappa shape index (κ1) is 10.4. The summed E-state index contributed by atoms with van der Waals surface area (Å²) in [7, 11) is 0. The van der Waals surface area contributed by atoms with E-state index in [1.54, 1.807) is 0 Å². The fraction of sp³-hybridized carbons (Fsp3) is 0.273. The molecule has 1 aliphatic rings. The zero-order valence-corrected chi connectivity index (χ0v) is 9.66. The molecule has 0 bridgehead atoms. The molecule has 0 radical (unpaired) electrons. The standard InChI is InChI=1S/C11H10BrNO2/c12-8-3-1-4-9(7-8)13-6-2-5-10(14)11(13)15/h1,3-4,7H,2,5-6H2. The molecule has 0 saturated carbocycles. The Morgan fingerprint density at radius 3 is 2.80 bits per heavy atom.